The summed E-state index contributed by atoms with van der Waals surface area (Å²) in [5.74, 6) is 0. The minimum Gasteiger partial charge on any atom is -0.394 e. The molecule has 0 saturated heterocycles. The number of hydrogen-bond acceptors (Lipinski definition) is 3. The minimum atomic E-state index is 0.122. The predicted octanol–water partition coefficient (Wildman–Crippen LogP) is 1.17. The highest BCUT2D eigenvalue weighted by atomic mass is 16.5. The molecule has 2 N–H and O–H groups in total. The van der Waals surface area contributed by atoms with Gasteiger partial charge in [0.1, 0.15) is 0 Å². The van der Waals surface area contributed by atoms with Gasteiger partial charge in [-0.05, 0) is 13.0 Å². The number of ether oxygens (including phenoxy) is 1. The smallest absolute Gasteiger partial charge is 0.0698 e. The number of aliphatic hydroxyl groups excluding tert-OH is 1. The standard InChI is InChI=1S/C10H23NO2/c1-2-3-4-5-6-11-7-9-13-10-8-12/h11-12H,2-10H2,1H3. The summed E-state index contributed by atoms with van der Waals surface area (Å²) in [6, 6.07) is 0. The molecule has 0 rings (SSSR count). The highest BCUT2D eigenvalue weighted by molar-refractivity contribution is 4.47. The molecule has 0 fully saturated rings. The van der Waals surface area contributed by atoms with E-state index < -0.39 is 0 Å². The van der Waals surface area contributed by atoms with E-state index >= 15 is 0 Å². The van der Waals surface area contributed by atoms with Crippen molar-refractivity contribution in [1.29, 1.82) is 0 Å². The molecule has 0 aliphatic carbocycles. The molecule has 0 amide bonds. The summed E-state index contributed by atoms with van der Waals surface area (Å²) in [6.07, 6.45) is 5.21. The SMILES string of the molecule is CCCCCCNCCOCCO. The Hall–Kier alpha value is -0.120. The van der Waals surface area contributed by atoms with Crippen LogP contribution in [0.2, 0.25) is 0 Å². The number of rotatable bonds is 10. The Kier molecular flexibility index (Phi) is 11.8. The lowest BCUT2D eigenvalue weighted by atomic mass is 10.2. The molecule has 3 nitrogen and oxygen atoms in total. The number of aliphatic hydroxyl groups is 1. The van der Waals surface area contributed by atoms with Gasteiger partial charge < -0.3 is 15.2 Å². The molecule has 0 aliphatic rings. The van der Waals surface area contributed by atoms with Crippen molar-refractivity contribution in [3.05, 3.63) is 0 Å². The van der Waals surface area contributed by atoms with Crippen LogP contribution in [0.15, 0.2) is 0 Å². The van der Waals surface area contributed by atoms with E-state index in [-0.39, 0.29) is 6.61 Å². The minimum absolute atomic E-state index is 0.122. The molecule has 0 heterocycles. The van der Waals surface area contributed by atoms with Crippen LogP contribution >= 0.6 is 0 Å². The van der Waals surface area contributed by atoms with Gasteiger partial charge >= 0.3 is 0 Å². The van der Waals surface area contributed by atoms with E-state index in [2.05, 4.69) is 12.2 Å². The van der Waals surface area contributed by atoms with Crippen LogP contribution in [-0.4, -0.2) is 38.0 Å². The molecule has 0 atom stereocenters. The van der Waals surface area contributed by atoms with E-state index in [0.717, 1.165) is 13.1 Å². The molecular formula is C10H23NO2. The zero-order chi connectivity index (χ0) is 9.78. The summed E-state index contributed by atoms with van der Waals surface area (Å²) in [6.45, 7) is 5.48. The normalized spacial score (nSPS) is 10.6. The summed E-state index contributed by atoms with van der Waals surface area (Å²) in [5, 5.41) is 11.7. The Morgan fingerprint density at radius 1 is 1.08 bits per heavy atom. The summed E-state index contributed by atoms with van der Waals surface area (Å²) in [7, 11) is 0. The summed E-state index contributed by atoms with van der Waals surface area (Å²) >= 11 is 0. The molecule has 0 bridgehead atoms. The first-order chi connectivity index (χ1) is 6.41. The van der Waals surface area contributed by atoms with Gasteiger partial charge in [-0.25, -0.2) is 0 Å². The third-order valence-electron chi connectivity index (χ3n) is 1.87. The second-order valence-electron chi connectivity index (χ2n) is 3.15. The van der Waals surface area contributed by atoms with Crippen molar-refractivity contribution >= 4 is 0 Å². The second-order valence-corrected chi connectivity index (χ2v) is 3.15. The number of nitrogens with one attached hydrogen (secondary N) is 1. The number of unbranched alkanes of at least 4 members (excludes halogenated alkanes) is 3. The monoisotopic (exact) mass is 189 g/mol. The maximum absolute atomic E-state index is 8.42. The van der Waals surface area contributed by atoms with Gasteiger partial charge in [-0.3, -0.25) is 0 Å². The van der Waals surface area contributed by atoms with Crippen molar-refractivity contribution in [2.45, 2.75) is 32.6 Å². The van der Waals surface area contributed by atoms with E-state index in [4.69, 9.17) is 9.84 Å². The lowest BCUT2D eigenvalue weighted by Crippen LogP contribution is -2.21. The molecule has 3 heteroatoms. The van der Waals surface area contributed by atoms with E-state index in [1.807, 2.05) is 0 Å². The van der Waals surface area contributed by atoms with Crippen LogP contribution in [0, 0.1) is 0 Å². The number of hydrogen-bond donors (Lipinski definition) is 2. The fourth-order valence-corrected chi connectivity index (χ4v) is 1.11. The lowest BCUT2D eigenvalue weighted by Gasteiger charge is -2.04. The molecule has 0 aliphatic heterocycles. The first-order valence-electron chi connectivity index (χ1n) is 5.31. The lowest BCUT2D eigenvalue weighted by molar-refractivity contribution is 0.0939. The van der Waals surface area contributed by atoms with Crippen LogP contribution in [-0.2, 0) is 4.74 Å². The van der Waals surface area contributed by atoms with Gasteiger partial charge in [0, 0.05) is 6.54 Å². The molecular weight excluding hydrogens is 166 g/mol. The Balaban J connectivity index is 2.76. The summed E-state index contributed by atoms with van der Waals surface area (Å²) in [5.41, 5.74) is 0. The van der Waals surface area contributed by atoms with E-state index in [1.165, 1.54) is 25.7 Å². The molecule has 0 aromatic rings. The first kappa shape index (κ1) is 12.9. The Bertz CT molecular complexity index is 79.0. The zero-order valence-corrected chi connectivity index (χ0v) is 8.72. The van der Waals surface area contributed by atoms with E-state index in [1.54, 1.807) is 0 Å². The fourth-order valence-electron chi connectivity index (χ4n) is 1.11. The van der Waals surface area contributed by atoms with Crippen LogP contribution in [0.3, 0.4) is 0 Å². The molecule has 0 saturated carbocycles. The van der Waals surface area contributed by atoms with Gasteiger partial charge in [0.15, 0.2) is 0 Å². The van der Waals surface area contributed by atoms with Crippen LogP contribution in [0.4, 0.5) is 0 Å². The van der Waals surface area contributed by atoms with Gasteiger partial charge in [0.25, 0.3) is 0 Å². The van der Waals surface area contributed by atoms with Crippen molar-refractivity contribution < 1.29 is 9.84 Å². The maximum Gasteiger partial charge on any atom is 0.0698 e. The Morgan fingerprint density at radius 2 is 1.92 bits per heavy atom. The largest absolute Gasteiger partial charge is 0.394 e. The summed E-state index contributed by atoms with van der Waals surface area (Å²) < 4.78 is 5.10. The highest BCUT2D eigenvalue weighted by Gasteiger charge is 1.89. The molecule has 0 aromatic heterocycles. The molecule has 80 valence electrons. The van der Waals surface area contributed by atoms with Crippen LogP contribution in [0.1, 0.15) is 32.6 Å². The molecule has 0 radical (unpaired) electrons. The quantitative estimate of drug-likeness (QED) is 0.507. The molecule has 0 aromatic carbocycles. The predicted molar refractivity (Wildman–Crippen MR) is 54.9 cm³/mol. The van der Waals surface area contributed by atoms with Crippen LogP contribution in [0.25, 0.3) is 0 Å². The average molecular weight is 189 g/mol. The molecule has 0 unspecified atom stereocenters. The van der Waals surface area contributed by atoms with E-state index in [0.29, 0.717) is 13.2 Å². The van der Waals surface area contributed by atoms with Gasteiger partial charge in [-0.1, -0.05) is 26.2 Å². The third kappa shape index (κ3) is 11.9. The second kappa shape index (κ2) is 11.9. The topological polar surface area (TPSA) is 41.5 Å². The summed E-state index contributed by atoms with van der Waals surface area (Å²) in [4.78, 5) is 0. The van der Waals surface area contributed by atoms with Crippen molar-refractivity contribution in [3.63, 3.8) is 0 Å². The van der Waals surface area contributed by atoms with Crippen molar-refractivity contribution in [2.75, 3.05) is 32.9 Å². The van der Waals surface area contributed by atoms with Crippen molar-refractivity contribution in [1.82, 2.24) is 5.32 Å². The van der Waals surface area contributed by atoms with Crippen molar-refractivity contribution in [2.24, 2.45) is 0 Å². The average Bonchev–Trinajstić information content (AvgIpc) is 2.16. The van der Waals surface area contributed by atoms with Crippen LogP contribution < -0.4 is 5.32 Å². The molecule has 13 heavy (non-hydrogen) atoms. The van der Waals surface area contributed by atoms with Gasteiger partial charge in [-0.15, -0.1) is 0 Å². The van der Waals surface area contributed by atoms with Gasteiger partial charge in [0.05, 0.1) is 19.8 Å². The van der Waals surface area contributed by atoms with E-state index in [9.17, 15) is 0 Å². The fraction of sp³-hybridized carbons (Fsp3) is 1.00. The van der Waals surface area contributed by atoms with Crippen molar-refractivity contribution in [3.8, 4) is 0 Å². The Morgan fingerprint density at radius 3 is 2.62 bits per heavy atom. The first-order valence-corrected chi connectivity index (χ1v) is 5.31. The Labute approximate surface area is 81.5 Å². The van der Waals surface area contributed by atoms with Gasteiger partial charge in [-0.2, -0.15) is 0 Å². The molecule has 0 spiro atoms. The van der Waals surface area contributed by atoms with Gasteiger partial charge in [0.2, 0.25) is 0 Å². The zero-order valence-electron chi connectivity index (χ0n) is 8.72. The highest BCUT2D eigenvalue weighted by Crippen LogP contribution is 1.96. The third-order valence-corrected chi connectivity index (χ3v) is 1.87. The van der Waals surface area contributed by atoms with Crippen LogP contribution in [0.5, 0.6) is 0 Å². The maximum atomic E-state index is 8.42.